The van der Waals surface area contributed by atoms with Crippen LogP contribution in [-0.2, 0) is 32.6 Å². The first kappa shape index (κ1) is 30.9. The fraction of sp³-hybridized carbons (Fsp3) is 0.355. The van der Waals surface area contributed by atoms with Crippen molar-refractivity contribution in [1.29, 1.82) is 0 Å². The molecule has 1 N–H and O–H groups in total. The Kier molecular flexibility index (Phi) is 10.3. The Bertz CT molecular complexity index is 1460. The molecule has 1 aliphatic rings. The van der Waals surface area contributed by atoms with E-state index >= 15 is 0 Å². The van der Waals surface area contributed by atoms with Gasteiger partial charge in [-0.3, -0.25) is 13.9 Å². The zero-order valence-electron chi connectivity index (χ0n) is 23.2. The van der Waals surface area contributed by atoms with Gasteiger partial charge in [0.2, 0.25) is 21.8 Å². The molecule has 4 rings (SSSR count). The number of para-hydroxylation sites is 1. The second kappa shape index (κ2) is 13.7. The van der Waals surface area contributed by atoms with Crippen molar-refractivity contribution in [3.63, 3.8) is 0 Å². The third-order valence-electron chi connectivity index (χ3n) is 7.43. The van der Waals surface area contributed by atoms with Crippen LogP contribution in [0.1, 0.15) is 42.4 Å². The number of hydrogen-bond donors (Lipinski definition) is 1. The highest BCUT2D eigenvalue weighted by atomic mass is 35.5. The summed E-state index contributed by atoms with van der Waals surface area (Å²) in [6.45, 7) is 1.22. The molecule has 0 heterocycles. The molecule has 1 fully saturated rings. The van der Waals surface area contributed by atoms with E-state index in [-0.39, 0.29) is 24.9 Å². The van der Waals surface area contributed by atoms with E-state index in [1.165, 1.54) is 4.90 Å². The molecule has 3 aromatic carbocycles. The molecular weight excluding hydrogens is 581 g/mol. The number of nitrogens with one attached hydrogen (secondary N) is 1. The van der Waals surface area contributed by atoms with Crippen LogP contribution in [0.5, 0.6) is 0 Å². The number of carbonyl (C=O) groups is 2. The highest BCUT2D eigenvalue weighted by Crippen LogP contribution is 2.29. The fourth-order valence-electron chi connectivity index (χ4n) is 5.21. The lowest BCUT2D eigenvalue weighted by Gasteiger charge is -2.34. The predicted octanol–water partition coefficient (Wildman–Crippen LogP) is 5.77. The molecule has 3 aromatic rings. The summed E-state index contributed by atoms with van der Waals surface area (Å²) in [7, 11) is -3.85. The van der Waals surface area contributed by atoms with Gasteiger partial charge in [0.15, 0.2) is 0 Å². The second-order valence-corrected chi connectivity index (χ2v) is 13.2. The standard InChI is InChI=1S/C31H35Cl2N3O4S/c1-22-11-6-9-18-28(22)36(41(2,39)40)21-30(37)35(20-25-26(32)16-10-17-27(25)33)29(19-23-12-4-3-5-13-23)31(38)34-24-14-7-8-15-24/h3-6,9-13,16-18,24,29H,7-8,14-15,19-21H2,1-2H3,(H,34,38)/t29-/m1/s1. The van der Waals surface area contributed by atoms with Gasteiger partial charge in [-0.25, -0.2) is 8.42 Å². The number of nitrogens with zero attached hydrogens (tertiary/aromatic N) is 2. The summed E-state index contributed by atoms with van der Waals surface area (Å²) in [6.07, 6.45) is 5.12. The molecule has 2 amide bonds. The van der Waals surface area contributed by atoms with E-state index in [4.69, 9.17) is 23.2 Å². The van der Waals surface area contributed by atoms with Crippen LogP contribution in [0.2, 0.25) is 10.0 Å². The van der Waals surface area contributed by atoms with Gasteiger partial charge in [-0.05, 0) is 49.1 Å². The molecule has 0 bridgehead atoms. The van der Waals surface area contributed by atoms with Gasteiger partial charge in [0.05, 0.1) is 11.9 Å². The van der Waals surface area contributed by atoms with Crippen molar-refractivity contribution in [2.24, 2.45) is 0 Å². The largest absolute Gasteiger partial charge is 0.352 e. The van der Waals surface area contributed by atoms with E-state index in [9.17, 15) is 18.0 Å². The van der Waals surface area contributed by atoms with Crippen LogP contribution in [0.4, 0.5) is 5.69 Å². The number of anilines is 1. The molecule has 0 spiro atoms. The van der Waals surface area contributed by atoms with Crippen LogP contribution in [0, 0.1) is 6.92 Å². The Morgan fingerprint density at radius 2 is 1.54 bits per heavy atom. The number of halogens is 2. The van der Waals surface area contributed by atoms with Crippen molar-refractivity contribution in [2.75, 3.05) is 17.1 Å². The lowest BCUT2D eigenvalue weighted by molar-refractivity contribution is -0.140. The Balaban J connectivity index is 1.77. The van der Waals surface area contributed by atoms with Crippen LogP contribution < -0.4 is 9.62 Å². The van der Waals surface area contributed by atoms with Gasteiger partial charge in [-0.15, -0.1) is 0 Å². The number of amides is 2. The first-order chi connectivity index (χ1) is 19.5. The van der Waals surface area contributed by atoms with Gasteiger partial charge in [0.1, 0.15) is 12.6 Å². The molecule has 0 saturated heterocycles. The molecule has 10 heteroatoms. The van der Waals surface area contributed by atoms with Crippen LogP contribution in [-0.4, -0.2) is 50.0 Å². The number of benzene rings is 3. The van der Waals surface area contributed by atoms with E-state index in [2.05, 4.69) is 5.32 Å². The van der Waals surface area contributed by atoms with Gasteiger partial charge in [-0.2, -0.15) is 0 Å². The zero-order chi connectivity index (χ0) is 29.6. The molecule has 1 atom stereocenters. The van der Waals surface area contributed by atoms with Gasteiger partial charge in [0, 0.05) is 34.6 Å². The Morgan fingerprint density at radius 3 is 2.15 bits per heavy atom. The average molecular weight is 617 g/mol. The Hall–Kier alpha value is -3.07. The monoisotopic (exact) mass is 615 g/mol. The predicted molar refractivity (Wildman–Crippen MR) is 165 cm³/mol. The topological polar surface area (TPSA) is 86.8 Å². The Labute approximate surface area is 252 Å². The highest BCUT2D eigenvalue weighted by molar-refractivity contribution is 7.92. The summed E-state index contributed by atoms with van der Waals surface area (Å²) in [5.41, 5.74) is 2.44. The van der Waals surface area contributed by atoms with Crippen LogP contribution >= 0.6 is 23.2 Å². The fourth-order valence-corrected chi connectivity index (χ4v) is 6.64. The molecule has 7 nitrogen and oxygen atoms in total. The first-order valence-electron chi connectivity index (χ1n) is 13.6. The van der Waals surface area contributed by atoms with Gasteiger partial charge < -0.3 is 10.2 Å². The van der Waals surface area contributed by atoms with Crippen molar-refractivity contribution in [2.45, 2.75) is 57.7 Å². The first-order valence-corrected chi connectivity index (χ1v) is 16.2. The van der Waals surface area contributed by atoms with E-state index in [0.29, 0.717) is 26.9 Å². The Morgan fingerprint density at radius 1 is 0.927 bits per heavy atom. The lowest BCUT2D eigenvalue weighted by Crippen LogP contribution is -2.54. The summed E-state index contributed by atoms with van der Waals surface area (Å²) in [5, 5.41) is 3.84. The van der Waals surface area contributed by atoms with Crippen molar-refractivity contribution >= 4 is 50.7 Å². The minimum atomic E-state index is -3.85. The molecule has 0 aliphatic heterocycles. The molecule has 0 unspecified atom stereocenters. The van der Waals surface area contributed by atoms with Gasteiger partial charge in [-0.1, -0.05) is 90.6 Å². The average Bonchev–Trinajstić information content (AvgIpc) is 3.44. The van der Waals surface area contributed by atoms with Gasteiger partial charge in [0.25, 0.3) is 0 Å². The van der Waals surface area contributed by atoms with Gasteiger partial charge >= 0.3 is 0 Å². The molecular formula is C31H35Cl2N3O4S. The van der Waals surface area contributed by atoms with E-state index in [1.807, 2.05) is 30.3 Å². The van der Waals surface area contributed by atoms with Crippen LogP contribution in [0.25, 0.3) is 0 Å². The SMILES string of the molecule is Cc1ccccc1N(CC(=O)N(Cc1c(Cl)cccc1Cl)[C@H](Cc1ccccc1)C(=O)NC1CCCC1)S(C)(=O)=O. The summed E-state index contributed by atoms with van der Waals surface area (Å²) < 4.78 is 27.0. The highest BCUT2D eigenvalue weighted by Gasteiger charge is 2.35. The smallest absolute Gasteiger partial charge is 0.244 e. The van der Waals surface area contributed by atoms with E-state index in [1.54, 1.807) is 49.4 Å². The molecule has 1 saturated carbocycles. The molecule has 1 aliphatic carbocycles. The number of hydrogen-bond acceptors (Lipinski definition) is 4. The lowest BCUT2D eigenvalue weighted by atomic mass is 10.0. The maximum Gasteiger partial charge on any atom is 0.244 e. The van der Waals surface area contributed by atoms with Crippen LogP contribution in [0.15, 0.2) is 72.8 Å². The summed E-state index contributed by atoms with van der Waals surface area (Å²) in [5.74, 6) is -0.837. The summed E-state index contributed by atoms with van der Waals surface area (Å²) in [4.78, 5) is 29.6. The number of aryl methyl sites for hydroxylation is 1. The number of carbonyl (C=O) groups excluding carboxylic acids is 2. The minimum Gasteiger partial charge on any atom is -0.352 e. The van der Waals surface area contributed by atoms with Crippen molar-refractivity contribution in [1.82, 2.24) is 10.2 Å². The number of sulfonamides is 1. The third kappa shape index (κ3) is 8.03. The number of rotatable bonds is 11. The summed E-state index contributed by atoms with van der Waals surface area (Å²) >= 11 is 13.1. The molecule has 218 valence electrons. The maximum absolute atomic E-state index is 14.2. The van der Waals surface area contributed by atoms with Crippen molar-refractivity contribution < 1.29 is 18.0 Å². The zero-order valence-corrected chi connectivity index (χ0v) is 25.6. The van der Waals surface area contributed by atoms with E-state index < -0.39 is 28.5 Å². The molecule has 0 radical (unpaired) electrons. The second-order valence-electron chi connectivity index (χ2n) is 10.5. The molecule has 41 heavy (non-hydrogen) atoms. The molecule has 0 aromatic heterocycles. The quantitative estimate of drug-likeness (QED) is 0.297. The van der Waals surface area contributed by atoms with Crippen molar-refractivity contribution in [3.05, 3.63) is 99.5 Å². The normalized spacial score (nSPS) is 14.4. The summed E-state index contributed by atoms with van der Waals surface area (Å²) in [6, 6.07) is 20.6. The van der Waals surface area contributed by atoms with Crippen LogP contribution in [0.3, 0.4) is 0 Å². The third-order valence-corrected chi connectivity index (χ3v) is 9.26. The minimum absolute atomic E-state index is 0.0288. The van der Waals surface area contributed by atoms with E-state index in [0.717, 1.165) is 41.8 Å². The van der Waals surface area contributed by atoms with Crippen molar-refractivity contribution in [3.8, 4) is 0 Å². The maximum atomic E-state index is 14.2.